The largest absolute Gasteiger partial charge is 0.463 e. The number of carbonyl (C=O) groups is 1. The Bertz CT molecular complexity index is 2040. The summed E-state index contributed by atoms with van der Waals surface area (Å²) in [6.07, 6.45) is -22.9. The number of carbonyl (C=O) groups excluding carboxylic acids is 1. The van der Waals surface area contributed by atoms with Crippen molar-refractivity contribution in [3.05, 3.63) is 11.6 Å². The summed E-state index contributed by atoms with van der Waals surface area (Å²) in [5.74, 6) is -0.880. The molecule has 0 aromatic carbocycles. The number of aliphatic hydroxyl groups excluding tert-OH is 12. The molecule has 0 aromatic rings. The van der Waals surface area contributed by atoms with Gasteiger partial charge in [-0.3, -0.25) is 4.79 Å². The summed E-state index contributed by atoms with van der Waals surface area (Å²) in [6, 6.07) is 0. The fourth-order valence-electron chi connectivity index (χ4n) is 15.2. The van der Waals surface area contributed by atoms with Crippen LogP contribution < -0.4 is 0 Å². The molecule has 3 saturated carbocycles. The Hall–Kier alpha value is -1.67. The smallest absolute Gasteiger partial charge is 0.302 e. The molecule has 442 valence electrons. The maximum Gasteiger partial charge on any atom is 0.302 e. The zero-order chi connectivity index (χ0) is 55.8. The fraction of sp³-hybridized carbons (Fsp3) is 0.943. The Morgan fingerprint density at radius 3 is 1.94 bits per heavy atom. The van der Waals surface area contributed by atoms with E-state index >= 15 is 0 Å². The summed E-state index contributed by atoms with van der Waals surface area (Å²) in [7, 11) is 0. The van der Waals surface area contributed by atoms with Crippen LogP contribution in [0.2, 0.25) is 0 Å². The van der Waals surface area contributed by atoms with Gasteiger partial charge in [0.15, 0.2) is 30.9 Å². The lowest BCUT2D eigenvalue weighted by atomic mass is 9.47. The lowest BCUT2D eigenvalue weighted by molar-refractivity contribution is -0.382. The number of aliphatic hydroxyl groups is 13. The molecule has 0 radical (unpaired) electrons. The van der Waals surface area contributed by atoms with Gasteiger partial charge in [0, 0.05) is 19.3 Å². The lowest BCUT2D eigenvalue weighted by Gasteiger charge is -2.58. The predicted octanol–water partition coefficient (Wildman–Crippen LogP) is -2.44. The molecule has 5 aliphatic heterocycles. The van der Waals surface area contributed by atoms with Crippen LogP contribution in [0.4, 0.5) is 0 Å². The molecule has 8 fully saturated rings. The average molecular weight is 1110 g/mol. The number of esters is 1. The average Bonchev–Trinajstić information content (AvgIpc) is 4.02. The maximum absolute atomic E-state index is 12.1. The van der Waals surface area contributed by atoms with Crippen molar-refractivity contribution in [1.29, 1.82) is 0 Å². The summed E-state index contributed by atoms with van der Waals surface area (Å²) in [4.78, 5) is 11.8. The van der Waals surface area contributed by atoms with Crippen molar-refractivity contribution in [2.45, 2.75) is 240 Å². The number of ether oxygens (including phenoxy) is 10. The molecule has 24 heteroatoms. The third-order valence-electron chi connectivity index (χ3n) is 19.8. The van der Waals surface area contributed by atoms with Crippen LogP contribution >= 0.6 is 0 Å². The minimum atomic E-state index is -1.98. The molecular formula is C53H86O24. The highest BCUT2D eigenvalue weighted by Crippen LogP contribution is 2.70. The van der Waals surface area contributed by atoms with Crippen molar-refractivity contribution in [2.24, 2.45) is 46.3 Å². The van der Waals surface area contributed by atoms with Crippen LogP contribution in [-0.4, -0.2) is 240 Å². The molecule has 5 saturated heterocycles. The van der Waals surface area contributed by atoms with Crippen molar-refractivity contribution in [3.8, 4) is 0 Å². The zero-order valence-electron chi connectivity index (χ0n) is 44.7. The van der Waals surface area contributed by atoms with Gasteiger partial charge in [0.1, 0.15) is 98.2 Å². The van der Waals surface area contributed by atoms with Crippen molar-refractivity contribution in [2.75, 3.05) is 26.4 Å². The molecule has 0 unspecified atom stereocenters. The first kappa shape index (κ1) is 59.9. The van der Waals surface area contributed by atoms with Gasteiger partial charge in [0.25, 0.3) is 0 Å². The molecular weight excluding hydrogens is 1020 g/mol. The molecule has 9 rings (SSSR count). The van der Waals surface area contributed by atoms with Crippen molar-refractivity contribution >= 4 is 5.97 Å². The molecule has 13 N–H and O–H groups in total. The standard InChI is InChI=1S/C53H86O24/c1-21(19-69-47-41(63)39(61)35(57)23(3)70-47)9-14-53(67)22(2)34-30(77-53)16-29-27-8-7-25-15-26(10-12-51(25,5)28(27)11-13-52(29,34)6)71-49-43(65)45(37(59)32(18-55)73-49)76-50-44(66)46(38(60)33(74-50)20-68-24(4)56)75-48-42(64)40(62)36(58)31(17-54)72-48/h7,21-23,26-50,54-55,57-67H,8-20H2,1-6H3/t21-,22+,23+,26+,27-,28+,29+,30+,31-,32-,33-,34+,35+,36-,37-,38-,39-,40+,41-,42-,43-,44-,45+,46+,47-,48+,49-,50+,51+,52+,53+/m1/s1. The molecule has 9 aliphatic rings. The van der Waals surface area contributed by atoms with Crippen LogP contribution in [0.25, 0.3) is 0 Å². The van der Waals surface area contributed by atoms with E-state index in [0.29, 0.717) is 43.4 Å². The van der Waals surface area contributed by atoms with Gasteiger partial charge in [0.2, 0.25) is 0 Å². The van der Waals surface area contributed by atoms with Gasteiger partial charge in [-0.1, -0.05) is 39.3 Å². The van der Waals surface area contributed by atoms with E-state index in [-0.39, 0.29) is 41.3 Å². The van der Waals surface area contributed by atoms with Gasteiger partial charge in [-0.25, -0.2) is 0 Å². The van der Waals surface area contributed by atoms with Crippen molar-refractivity contribution in [3.63, 3.8) is 0 Å². The van der Waals surface area contributed by atoms with Crippen LogP contribution in [0.5, 0.6) is 0 Å². The topological polar surface area (TPSA) is 372 Å². The highest BCUT2D eigenvalue weighted by atomic mass is 16.8. The van der Waals surface area contributed by atoms with Gasteiger partial charge in [-0.2, -0.15) is 0 Å². The summed E-state index contributed by atoms with van der Waals surface area (Å²) < 4.78 is 58.8. The minimum absolute atomic E-state index is 0.0249. The van der Waals surface area contributed by atoms with Gasteiger partial charge in [-0.05, 0) is 98.7 Å². The van der Waals surface area contributed by atoms with Gasteiger partial charge >= 0.3 is 5.97 Å². The Labute approximate surface area is 448 Å². The molecule has 31 atom stereocenters. The Kier molecular flexibility index (Phi) is 18.3. The monoisotopic (exact) mass is 1110 g/mol. The van der Waals surface area contributed by atoms with Crippen LogP contribution in [0.3, 0.4) is 0 Å². The zero-order valence-corrected chi connectivity index (χ0v) is 44.7. The van der Waals surface area contributed by atoms with E-state index in [0.717, 1.165) is 39.0 Å². The Morgan fingerprint density at radius 2 is 1.29 bits per heavy atom. The second-order valence-electron chi connectivity index (χ2n) is 24.4. The summed E-state index contributed by atoms with van der Waals surface area (Å²) >= 11 is 0. The molecule has 5 heterocycles. The SMILES string of the molecule is CC(=O)OC[C@H]1O[C@@H](O[C@@H]2[C@@H](O)[C@H](O[C@H]3CC[C@@]4(C)C(=CC[C@H]5[C@@H]6C[C@@H]7O[C@@](O)(CC[C@@H](C)CO[C@@H]8O[C@@H](C)[C@H](O)[C@@H](O)[C@H]8O)[C@@H](C)[C@@H]7[C@@]6(C)CC[C@@H]54)C3)O[C@H](CO)[C@H]2O)[C@H](O)[C@@H](O[C@@H]2O[C@H](CO)[C@@H](O)[C@H](O)[C@H]2O)[C@@H]1O. The van der Waals surface area contributed by atoms with Crippen molar-refractivity contribution < 1.29 is 119 Å². The molecule has 0 bridgehead atoms. The van der Waals surface area contributed by atoms with E-state index in [4.69, 9.17) is 47.4 Å². The summed E-state index contributed by atoms with van der Waals surface area (Å²) in [5.41, 5.74) is 1.06. The Balaban J connectivity index is 0.821. The van der Waals surface area contributed by atoms with Crippen LogP contribution in [-0.2, 0) is 52.2 Å². The molecule has 24 nitrogen and oxygen atoms in total. The number of hydrogen-bond acceptors (Lipinski definition) is 24. The number of rotatable bonds is 16. The highest BCUT2D eigenvalue weighted by Gasteiger charge is 2.68. The minimum Gasteiger partial charge on any atom is -0.463 e. The lowest BCUT2D eigenvalue weighted by Crippen LogP contribution is -2.67. The third-order valence-corrected chi connectivity index (χ3v) is 19.8. The van der Waals surface area contributed by atoms with E-state index < -0.39 is 161 Å². The van der Waals surface area contributed by atoms with E-state index in [1.54, 1.807) is 6.92 Å². The molecule has 77 heavy (non-hydrogen) atoms. The normalized spacial score (nSPS) is 53.1. The van der Waals surface area contributed by atoms with Gasteiger partial charge in [-0.15, -0.1) is 0 Å². The Morgan fingerprint density at radius 1 is 0.701 bits per heavy atom. The van der Waals surface area contributed by atoms with Crippen LogP contribution in [0.1, 0.15) is 99.3 Å². The maximum atomic E-state index is 12.1. The molecule has 0 aromatic heterocycles. The van der Waals surface area contributed by atoms with Crippen LogP contribution in [0, 0.1) is 46.3 Å². The first-order valence-corrected chi connectivity index (χ1v) is 27.8. The summed E-state index contributed by atoms with van der Waals surface area (Å²) in [6.45, 7) is 9.65. The molecule has 4 aliphatic carbocycles. The first-order chi connectivity index (χ1) is 36.3. The van der Waals surface area contributed by atoms with E-state index in [9.17, 15) is 71.2 Å². The van der Waals surface area contributed by atoms with Gasteiger partial charge in [0.05, 0.1) is 38.1 Å². The van der Waals surface area contributed by atoms with E-state index in [2.05, 4.69) is 26.8 Å². The second-order valence-corrected chi connectivity index (χ2v) is 24.4. The first-order valence-electron chi connectivity index (χ1n) is 27.8. The fourth-order valence-corrected chi connectivity index (χ4v) is 15.2. The summed E-state index contributed by atoms with van der Waals surface area (Å²) in [5, 5.41) is 140. The third kappa shape index (κ3) is 11.2. The van der Waals surface area contributed by atoms with Gasteiger partial charge < -0.3 is 114 Å². The quantitative estimate of drug-likeness (QED) is 0.0564. The highest BCUT2D eigenvalue weighted by molar-refractivity contribution is 5.65. The number of allylic oxidation sites excluding steroid dienone is 1. The predicted molar refractivity (Wildman–Crippen MR) is 260 cm³/mol. The number of hydrogen-bond donors (Lipinski definition) is 13. The second kappa shape index (κ2) is 23.5. The molecule has 0 spiro atoms. The van der Waals surface area contributed by atoms with E-state index in [1.165, 1.54) is 5.57 Å². The number of fused-ring (bicyclic) bond motifs is 7. The van der Waals surface area contributed by atoms with Crippen molar-refractivity contribution in [1.82, 2.24) is 0 Å². The van der Waals surface area contributed by atoms with E-state index in [1.807, 2.05) is 6.92 Å². The molecule has 0 amide bonds. The van der Waals surface area contributed by atoms with Crippen LogP contribution in [0.15, 0.2) is 11.6 Å².